The molecule has 5 heteroatoms. The van der Waals surface area contributed by atoms with Crippen molar-refractivity contribution in [2.75, 3.05) is 5.32 Å². The van der Waals surface area contributed by atoms with Gasteiger partial charge in [0.1, 0.15) is 5.82 Å². The van der Waals surface area contributed by atoms with Crippen molar-refractivity contribution in [1.82, 2.24) is 4.98 Å². The molecule has 1 heterocycles. The largest absolute Gasteiger partial charge is 0.306 e. The van der Waals surface area contributed by atoms with Gasteiger partial charge in [-0.2, -0.15) is 0 Å². The Kier molecular flexibility index (Phi) is 5.74. The third-order valence-electron chi connectivity index (χ3n) is 3.65. The summed E-state index contributed by atoms with van der Waals surface area (Å²) in [6, 6.07) is 19.2. The summed E-state index contributed by atoms with van der Waals surface area (Å²) in [5.41, 5.74) is 2.65. The van der Waals surface area contributed by atoms with Crippen molar-refractivity contribution in [1.29, 1.82) is 0 Å². The minimum absolute atomic E-state index is 0.153. The molecular formula is C20H17ClN2OS. The molecule has 3 aromatic rings. The maximum atomic E-state index is 12.5. The van der Waals surface area contributed by atoms with E-state index in [-0.39, 0.29) is 5.91 Å². The maximum Gasteiger partial charge on any atom is 0.256 e. The Labute approximate surface area is 156 Å². The fourth-order valence-corrected chi connectivity index (χ4v) is 3.26. The standard InChI is InChI=1S/C20H17ClN2OS/c1-14-4-3-11-22-19(14)23-20(24)16-6-2-5-15(12-16)13-25-18-9-7-17(21)8-10-18/h2-12H,13H2,1H3,(H,22,23,24). The van der Waals surface area contributed by atoms with E-state index in [1.54, 1.807) is 18.0 Å². The van der Waals surface area contributed by atoms with Crippen molar-refractivity contribution in [3.05, 3.63) is 88.6 Å². The Balaban J connectivity index is 1.67. The lowest BCUT2D eigenvalue weighted by Gasteiger charge is -2.08. The van der Waals surface area contributed by atoms with Gasteiger partial charge < -0.3 is 5.32 Å². The Bertz CT molecular complexity index is 881. The molecule has 1 N–H and O–H groups in total. The lowest BCUT2D eigenvalue weighted by atomic mass is 10.1. The van der Waals surface area contributed by atoms with E-state index in [1.165, 1.54) is 0 Å². The van der Waals surface area contributed by atoms with Gasteiger partial charge in [-0.05, 0) is 60.5 Å². The summed E-state index contributed by atoms with van der Waals surface area (Å²) in [6.45, 7) is 1.92. The summed E-state index contributed by atoms with van der Waals surface area (Å²) in [7, 11) is 0. The van der Waals surface area contributed by atoms with Gasteiger partial charge in [-0.15, -0.1) is 11.8 Å². The minimum Gasteiger partial charge on any atom is -0.306 e. The van der Waals surface area contributed by atoms with Crippen LogP contribution in [0.3, 0.4) is 0 Å². The number of nitrogens with one attached hydrogen (secondary N) is 1. The second-order valence-electron chi connectivity index (χ2n) is 5.57. The zero-order valence-electron chi connectivity index (χ0n) is 13.7. The lowest BCUT2D eigenvalue weighted by Crippen LogP contribution is -2.14. The molecule has 0 unspecified atom stereocenters. The van der Waals surface area contributed by atoms with Crippen molar-refractivity contribution >= 4 is 35.1 Å². The fraction of sp³-hybridized carbons (Fsp3) is 0.100. The molecule has 0 aliphatic rings. The average molecular weight is 369 g/mol. The number of pyridine rings is 1. The zero-order valence-corrected chi connectivity index (χ0v) is 15.3. The van der Waals surface area contributed by atoms with Crippen molar-refractivity contribution in [2.45, 2.75) is 17.6 Å². The normalized spacial score (nSPS) is 10.5. The minimum atomic E-state index is -0.153. The number of carbonyl (C=O) groups excluding carboxylic acids is 1. The average Bonchev–Trinajstić information content (AvgIpc) is 2.63. The molecule has 0 spiro atoms. The van der Waals surface area contributed by atoms with Crippen LogP contribution in [0.2, 0.25) is 5.02 Å². The first kappa shape index (κ1) is 17.5. The number of rotatable bonds is 5. The number of thioether (sulfide) groups is 1. The number of aryl methyl sites for hydroxylation is 1. The van der Waals surface area contributed by atoms with Crippen LogP contribution < -0.4 is 5.32 Å². The van der Waals surface area contributed by atoms with Gasteiger partial charge in [0, 0.05) is 27.4 Å². The predicted octanol–water partition coefficient (Wildman–Crippen LogP) is 5.59. The van der Waals surface area contributed by atoms with Gasteiger partial charge in [0.25, 0.3) is 5.91 Å². The summed E-state index contributed by atoms with van der Waals surface area (Å²) in [6.07, 6.45) is 1.67. The third kappa shape index (κ3) is 4.84. The first-order chi connectivity index (χ1) is 12.1. The Morgan fingerprint density at radius 3 is 2.68 bits per heavy atom. The van der Waals surface area contributed by atoms with Gasteiger partial charge in [0.15, 0.2) is 0 Å². The highest BCUT2D eigenvalue weighted by Crippen LogP contribution is 2.24. The number of anilines is 1. The van der Waals surface area contributed by atoms with E-state index in [0.29, 0.717) is 11.4 Å². The van der Waals surface area contributed by atoms with E-state index in [2.05, 4.69) is 10.3 Å². The second kappa shape index (κ2) is 8.19. The monoisotopic (exact) mass is 368 g/mol. The van der Waals surface area contributed by atoms with Crippen molar-refractivity contribution in [3.8, 4) is 0 Å². The third-order valence-corrected chi connectivity index (χ3v) is 4.98. The molecule has 1 amide bonds. The highest BCUT2D eigenvalue weighted by Gasteiger charge is 2.09. The van der Waals surface area contributed by atoms with Crippen LogP contribution in [-0.4, -0.2) is 10.9 Å². The van der Waals surface area contributed by atoms with Gasteiger partial charge in [0.05, 0.1) is 0 Å². The molecule has 3 nitrogen and oxygen atoms in total. The van der Waals surface area contributed by atoms with Crippen molar-refractivity contribution < 1.29 is 4.79 Å². The molecule has 0 atom stereocenters. The van der Waals surface area contributed by atoms with Gasteiger partial charge in [-0.25, -0.2) is 4.98 Å². The molecule has 2 aromatic carbocycles. The number of nitrogens with zero attached hydrogens (tertiary/aromatic N) is 1. The summed E-state index contributed by atoms with van der Waals surface area (Å²) < 4.78 is 0. The van der Waals surface area contributed by atoms with E-state index in [4.69, 9.17) is 11.6 Å². The van der Waals surface area contributed by atoms with Gasteiger partial charge in [-0.1, -0.05) is 29.8 Å². The fourth-order valence-electron chi connectivity index (χ4n) is 2.30. The van der Waals surface area contributed by atoms with E-state index in [9.17, 15) is 4.79 Å². The molecule has 0 bridgehead atoms. The highest BCUT2D eigenvalue weighted by molar-refractivity contribution is 7.98. The van der Waals surface area contributed by atoms with E-state index >= 15 is 0 Å². The number of halogens is 1. The van der Waals surface area contributed by atoms with Crippen LogP contribution in [0, 0.1) is 6.92 Å². The Hall–Kier alpha value is -2.30. The van der Waals surface area contributed by atoms with E-state index in [1.807, 2.05) is 67.6 Å². The molecule has 0 aliphatic carbocycles. The summed E-state index contributed by atoms with van der Waals surface area (Å²) in [5.74, 6) is 1.22. The van der Waals surface area contributed by atoms with Gasteiger partial charge in [-0.3, -0.25) is 4.79 Å². The summed E-state index contributed by atoms with van der Waals surface area (Å²) in [5, 5.41) is 3.59. The quantitative estimate of drug-likeness (QED) is 0.597. The van der Waals surface area contributed by atoms with Crippen LogP contribution in [-0.2, 0) is 5.75 Å². The maximum absolute atomic E-state index is 12.5. The van der Waals surface area contributed by atoms with Crippen LogP contribution >= 0.6 is 23.4 Å². The number of hydrogen-bond acceptors (Lipinski definition) is 3. The molecule has 0 saturated carbocycles. The van der Waals surface area contributed by atoms with Crippen LogP contribution in [0.4, 0.5) is 5.82 Å². The van der Waals surface area contributed by atoms with E-state index in [0.717, 1.165) is 26.8 Å². The number of amides is 1. The van der Waals surface area contributed by atoms with Crippen molar-refractivity contribution in [3.63, 3.8) is 0 Å². The molecule has 0 saturated heterocycles. The molecule has 126 valence electrons. The van der Waals surface area contributed by atoms with Gasteiger partial charge >= 0.3 is 0 Å². The predicted molar refractivity (Wildman–Crippen MR) is 104 cm³/mol. The van der Waals surface area contributed by atoms with Crippen LogP contribution in [0.5, 0.6) is 0 Å². The number of aromatic nitrogens is 1. The first-order valence-corrected chi connectivity index (χ1v) is 9.18. The second-order valence-corrected chi connectivity index (χ2v) is 7.05. The molecular weight excluding hydrogens is 352 g/mol. The highest BCUT2D eigenvalue weighted by atomic mass is 35.5. The number of benzene rings is 2. The molecule has 0 fully saturated rings. The SMILES string of the molecule is Cc1cccnc1NC(=O)c1cccc(CSc2ccc(Cl)cc2)c1. The number of carbonyl (C=O) groups is 1. The molecule has 0 radical (unpaired) electrons. The Morgan fingerprint density at radius 1 is 1.12 bits per heavy atom. The molecule has 1 aromatic heterocycles. The lowest BCUT2D eigenvalue weighted by molar-refractivity contribution is 0.102. The zero-order chi connectivity index (χ0) is 17.6. The van der Waals surface area contributed by atoms with Gasteiger partial charge in [0.2, 0.25) is 0 Å². The summed E-state index contributed by atoms with van der Waals surface area (Å²) in [4.78, 5) is 17.8. The van der Waals surface area contributed by atoms with Crippen LogP contribution in [0.25, 0.3) is 0 Å². The topological polar surface area (TPSA) is 42.0 Å². The van der Waals surface area contributed by atoms with E-state index < -0.39 is 0 Å². The molecule has 0 aliphatic heterocycles. The molecule has 3 rings (SSSR count). The Morgan fingerprint density at radius 2 is 1.92 bits per heavy atom. The van der Waals surface area contributed by atoms with Crippen LogP contribution in [0.15, 0.2) is 71.8 Å². The van der Waals surface area contributed by atoms with Crippen LogP contribution in [0.1, 0.15) is 21.5 Å². The first-order valence-electron chi connectivity index (χ1n) is 7.82. The van der Waals surface area contributed by atoms with Crippen molar-refractivity contribution in [2.24, 2.45) is 0 Å². The molecule has 25 heavy (non-hydrogen) atoms. The smallest absolute Gasteiger partial charge is 0.256 e. The summed E-state index contributed by atoms with van der Waals surface area (Å²) >= 11 is 7.61. The number of hydrogen-bond donors (Lipinski definition) is 1.